The van der Waals surface area contributed by atoms with Crippen molar-refractivity contribution in [3.05, 3.63) is 29.8 Å². The maximum atomic E-state index is 12.4. The number of halogens is 3. The molecule has 0 fully saturated rings. The van der Waals surface area contributed by atoms with E-state index in [2.05, 4.69) is 5.32 Å². The van der Waals surface area contributed by atoms with Crippen LogP contribution in [0.25, 0.3) is 0 Å². The molecule has 0 spiro atoms. The molecule has 1 aromatic rings. The highest BCUT2D eigenvalue weighted by Crippen LogP contribution is 2.20. The number of hydrogen-bond donors (Lipinski definition) is 2. The summed E-state index contributed by atoms with van der Waals surface area (Å²) in [7, 11) is 0. The fourth-order valence-electron chi connectivity index (χ4n) is 2.00. The molecule has 0 aromatic heterocycles. The Morgan fingerprint density at radius 3 is 2.27 bits per heavy atom. The minimum Gasteiger partial charge on any atom is -0.460 e. The van der Waals surface area contributed by atoms with Gasteiger partial charge in [0.25, 0.3) is 5.78 Å². The topological polar surface area (TPSA) is 98.5 Å². The first-order valence-electron chi connectivity index (χ1n) is 7.78. The van der Waals surface area contributed by atoms with Gasteiger partial charge in [-0.15, -0.1) is 0 Å². The van der Waals surface area contributed by atoms with Crippen molar-refractivity contribution in [1.29, 1.82) is 0 Å². The normalized spacial score (nSPS) is 13.0. The molecule has 6 nitrogen and oxygen atoms in total. The number of amides is 1. The third-order valence-electron chi connectivity index (χ3n) is 3.14. The molecule has 1 unspecified atom stereocenters. The van der Waals surface area contributed by atoms with Crippen LogP contribution in [0.1, 0.15) is 32.8 Å². The molecule has 1 rings (SSSR count). The largest absolute Gasteiger partial charge is 0.460 e. The van der Waals surface area contributed by atoms with Crippen molar-refractivity contribution in [2.75, 3.05) is 5.32 Å². The van der Waals surface area contributed by atoms with E-state index in [-0.39, 0.29) is 18.5 Å². The Morgan fingerprint density at radius 2 is 1.73 bits per heavy atom. The van der Waals surface area contributed by atoms with Gasteiger partial charge in [-0.05, 0) is 38.8 Å². The minimum atomic E-state index is -5.20. The number of anilines is 1. The molecule has 0 aliphatic rings. The first-order chi connectivity index (χ1) is 11.8. The first kappa shape index (κ1) is 21.6. The summed E-state index contributed by atoms with van der Waals surface area (Å²) in [5, 5.41) is 2.20. The molecule has 0 saturated carbocycles. The molecule has 0 heterocycles. The maximum Gasteiger partial charge on any atom is 0.452 e. The fraction of sp³-hybridized carbons (Fsp3) is 0.471. The van der Waals surface area contributed by atoms with Crippen LogP contribution in [-0.4, -0.2) is 35.5 Å². The Morgan fingerprint density at radius 1 is 1.15 bits per heavy atom. The third kappa shape index (κ3) is 6.83. The third-order valence-corrected chi connectivity index (χ3v) is 3.14. The van der Waals surface area contributed by atoms with Crippen molar-refractivity contribution in [3.8, 4) is 0 Å². The summed E-state index contributed by atoms with van der Waals surface area (Å²) >= 11 is 0. The van der Waals surface area contributed by atoms with Crippen LogP contribution < -0.4 is 11.1 Å². The number of esters is 1. The number of ether oxygens (including phenoxy) is 1. The van der Waals surface area contributed by atoms with Crippen molar-refractivity contribution in [2.24, 2.45) is 5.73 Å². The van der Waals surface area contributed by atoms with E-state index >= 15 is 0 Å². The van der Waals surface area contributed by atoms with Gasteiger partial charge in [0.05, 0.1) is 0 Å². The maximum absolute atomic E-state index is 12.4. The molecule has 26 heavy (non-hydrogen) atoms. The van der Waals surface area contributed by atoms with E-state index in [1.165, 1.54) is 6.07 Å². The first-order valence-corrected chi connectivity index (χ1v) is 7.78. The van der Waals surface area contributed by atoms with Crippen molar-refractivity contribution < 1.29 is 32.3 Å². The van der Waals surface area contributed by atoms with Crippen LogP contribution in [0.15, 0.2) is 24.3 Å². The number of rotatable bonds is 6. The summed E-state index contributed by atoms with van der Waals surface area (Å²) in [6.07, 6.45) is -5.00. The Balaban J connectivity index is 2.79. The summed E-state index contributed by atoms with van der Waals surface area (Å²) in [6, 6.07) is 3.85. The van der Waals surface area contributed by atoms with Crippen LogP contribution in [0, 0.1) is 0 Å². The van der Waals surface area contributed by atoms with Crippen molar-refractivity contribution >= 4 is 23.3 Å². The average Bonchev–Trinajstić information content (AvgIpc) is 2.50. The smallest absolute Gasteiger partial charge is 0.452 e. The molecule has 0 aliphatic carbocycles. The summed E-state index contributed by atoms with van der Waals surface area (Å²) < 4.78 is 42.3. The van der Waals surface area contributed by atoms with E-state index < -0.39 is 35.5 Å². The predicted molar refractivity (Wildman–Crippen MR) is 88.3 cm³/mol. The van der Waals surface area contributed by atoms with E-state index in [0.29, 0.717) is 5.56 Å². The molecule has 9 heteroatoms. The van der Waals surface area contributed by atoms with Gasteiger partial charge in [-0.3, -0.25) is 14.4 Å². The van der Waals surface area contributed by atoms with Crippen LogP contribution in [0.5, 0.6) is 0 Å². The molecule has 3 N–H and O–H groups in total. The monoisotopic (exact) mass is 374 g/mol. The van der Waals surface area contributed by atoms with E-state index in [0.717, 1.165) is 0 Å². The second-order valence-corrected chi connectivity index (χ2v) is 6.57. The summed E-state index contributed by atoms with van der Waals surface area (Å²) in [5.41, 5.74) is 5.11. The van der Waals surface area contributed by atoms with Crippen molar-refractivity contribution in [3.63, 3.8) is 0 Å². The number of carbonyl (C=O) groups is 3. The van der Waals surface area contributed by atoms with Gasteiger partial charge < -0.3 is 15.8 Å². The molecule has 0 aliphatic heterocycles. The summed E-state index contributed by atoms with van der Waals surface area (Å²) in [4.78, 5) is 34.7. The van der Waals surface area contributed by atoms with Gasteiger partial charge in [0.1, 0.15) is 5.60 Å². The Labute approximate surface area is 148 Å². The lowest BCUT2D eigenvalue weighted by atomic mass is 10.1. The Bertz CT molecular complexity index is 681. The molecule has 1 atom stereocenters. The molecule has 1 amide bonds. The number of ketones is 1. The fourth-order valence-corrected chi connectivity index (χ4v) is 2.00. The number of nitrogens with one attached hydrogen (secondary N) is 1. The molecule has 1 aromatic carbocycles. The van der Waals surface area contributed by atoms with Crippen LogP contribution in [0.3, 0.4) is 0 Å². The highest BCUT2D eigenvalue weighted by Gasteiger charge is 2.44. The molecule has 0 saturated heterocycles. The van der Waals surface area contributed by atoms with Gasteiger partial charge in [-0.2, -0.15) is 13.2 Å². The van der Waals surface area contributed by atoms with Gasteiger partial charge in [0.2, 0.25) is 5.91 Å². The van der Waals surface area contributed by atoms with Gasteiger partial charge in [-0.1, -0.05) is 18.2 Å². The number of hydrogen-bond acceptors (Lipinski definition) is 5. The number of Topliss-reactive ketones (excluding diaryl/α,β-unsaturated/α-hetero) is 1. The highest BCUT2D eigenvalue weighted by atomic mass is 19.4. The lowest BCUT2D eigenvalue weighted by Gasteiger charge is -2.20. The van der Waals surface area contributed by atoms with Crippen LogP contribution in [0.4, 0.5) is 18.9 Å². The number of alkyl halides is 3. The van der Waals surface area contributed by atoms with E-state index in [9.17, 15) is 27.6 Å². The zero-order valence-corrected chi connectivity index (χ0v) is 14.6. The lowest BCUT2D eigenvalue weighted by Crippen LogP contribution is -2.48. The number of para-hydroxylation sites is 1. The second-order valence-electron chi connectivity index (χ2n) is 6.57. The highest BCUT2D eigenvalue weighted by molar-refractivity contribution is 6.12. The Hall–Kier alpha value is -2.42. The minimum absolute atomic E-state index is 0.0116. The quantitative estimate of drug-likeness (QED) is 0.588. The number of aryl methyl sites for hydroxylation is 1. The Kier molecular flexibility index (Phi) is 6.91. The molecule has 144 valence electrons. The number of nitrogens with two attached hydrogens (primary N) is 1. The average molecular weight is 374 g/mol. The zero-order valence-electron chi connectivity index (χ0n) is 14.6. The van der Waals surface area contributed by atoms with Crippen LogP contribution in [-0.2, 0) is 25.5 Å². The SMILES string of the molecule is CC(C)(C)OC(=O)CCc1ccccc1NC(=O)C(N)C(=O)C(F)(F)F. The molecular formula is C17H21F3N2O4. The van der Waals surface area contributed by atoms with Crippen LogP contribution >= 0.6 is 0 Å². The van der Waals surface area contributed by atoms with Crippen molar-refractivity contribution in [2.45, 2.75) is 51.4 Å². The number of carbonyl (C=O) groups excluding carboxylic acids is 3. The van der Waals surface area contributed by atoms with E-state index in [4.69, 9.17) is 10.5 Å². The number of benzene rings is 1. The molecule has 0 bridgehead atoms. The molecular weight excluding hydrogens is 353 g/mol. The second kappa shape index (κ2) is 8.31. The van der Waals surface area contributed by atoms with Crippen molar-refractivity contribution in [1.82, 2.24) is 0 Å². The standard InChI is InChI=1S/C17H21F3N2O4/c1-16(2,3)26-12(23)9-8-10-6-4-5-7-11(10)22-15(25)13(21)14(24)17(18,19)20/h4-7,13H,8-9,21H2,1-3H3,(H,22,25). The van der Waals surface area contributed by atoms with Gasteiger partial charge in [-0.25, -0.2) is 0 Å². The van der Waals surface area contributed by atoms with Gasteiger partial charge in [0, 0.05) is 12.1 Å². The lowest BCUT2D eigenvalue weighted by molar-refractivity contribution is -0.173. The van der Waals surface area contributed by atoms with E-state index in [1.807, 2.05) is 0 Å². The predicted octanol–water partition coefficient (Wildman–Crippen LogP) is 2.36. The van der Waals surface area contributed by atoms with Gasteiger partial charge in [0.15, 0.2) is 6.04 Å². The van der Waals surface area contributed by atoms with Gasteiger partial charge >= 0.3 is 12.1 Å². The zero-order chi connectivity index (χ0) is 20.1. The summed E-state index contributed by atoms with van der Waals surface area (Å²) in [6.45, 7) is 5.16. The van der Waals surface area contributed by atoms with Crippen LogP contribution in [0.2, 0.25) is 0 Å². The summed E-state index contributed by atoms with van der Waals surface area (Å²) in [5.74, 6) is -4.07. The molecule has 0 radical (unpaired) electrons. The van der Waals surface area contributed by atoms with E-state index in [1.54, 1.807) is 39.0 Å².